The van der Waals surface area contributed by atoms with E-state index in [0.29, 0.717) is 45.6 Å². The van der Waals surface area contributed by atoms with E-state index in [2.05, 4.69) is 37.2 Å². The fraction of sp³-hybridized carbons (Fsp3) is 0.484. The second kappa shape index (κ2) is 12.4. The molecule has 2 aromatic carbocycles. The van der Waals surface area contributed by atoms with Gasteiger partial charge in [-0.05, 0) is 69.0 Å². The third kappa shape index (κ3) is 6.38. The number of carbonyl (C=O) groups excluding carboxylic acids is 1. The number of nitrogens with one attached hydrogen (secondary N) is 2. The molecule has 3 fully saturated rings. The molecule has 0 bridgehead atoms. The van der Waals surface area contributed by atoms with Gasteiger partial charge >= 0.3 is 0 Å². The number of pyridine rings is 1. The van der Waals surface area contributed by atoms with Crippen molar-refractivity contribution in [3.8, 4) is 0 Å². The molecule has 1 atom stereocenters. The van der Waals surface area contributed by atoms with Crippen LogP contribution in [0, 0.1) is 0 Å². The number of amides is 1. The van der Waals surface area contributed by atoms with Crippen molar-refractivity contribution < 1.29 is 4.79 Å². The molecule has 0 unspecified atom stereocenters. The van der Waals surface area contributed by atoms with Crippen LogP contribution in [0.25, 0.3) is 0 Å². The van der Waals surface area contributed by atoms with Crippen molar-refractivity contribution in [2.24, 2.45) is 5.73 Å². The molecule has 0 radical (unpaired) electrons. The maximum absolute atomic E-state index is 12.2. The zero-order valence-electron chi connectivity index (χ0n) is 24.2. The first-order valence-electron chi connectivity index (χ1n) is 15.1. The van der Waals surface area contributed by atoms with Crippen LogP contribution < -0.4 is 32.1 Å². The van der Waals surface area contributed by atoms with E-state index in [1.807, 2.05) is 12.1 Å². The van der Waals surface area contributed by atoms with Crippen LogP contribution >= 0.6 is 23.2 Å². The summed E-state index contributed by atoms with van der Waals surface area (Å²) in [6.45, 7) is 7.38. The molecule has 12 heteroatoms. The Bertz CT molecular complexity index is 1580. The van der Waals surface area contributed by atoms with Gasteiger partial charge in [0, 0.05) is 54.9 Å². The Morgan fingerprint density at radius 3 is 2.44 bits per heavy atom. The van der Waals surface area contributed by atoms with Gasteiger partial charge in [0.1, 0.15) is 17.2 Å². The number of benzene rings is 1. The smallest absolute Gasteiger partial charge is 0.253 e. The lowest BCUT2D eigenvalue weighted by molar-refractivity contribution is 0.0609. The van der Waals surface area contributed by atoms with E-state index in [0.717, 1.165) is 76.2 Å². The Morgan fingerprint density at radius 1 is 1.02 bits per heavy atom. The van der Waals surface area contributed by atoms with Gasteiger partial charge in [-0.2, -0.15) is 0 Å². The first kappa shape index (κ1) is 29.9. The van der Waals surface area contributed by atoms with Crippen molar-refractivity contribution in [1.82, 2.24) is 14.8 Å². The van der Waals surface area contributed by atoms with Crippen LogP contribution in [-0.4, -0.2) is 71.5 Å². The highest BCUT2D eigenvalue weighted by atomic mass is 35.5. The van der Waals surface area contributed by atoms with Crippen LogP contribution in [0.3, 0.4) is 0 Å². The molecule has 2 aliphatic heterocycles. The summed E-state index contributed by atoms with van der Waals surface area (Å²) in [6.07, 6.45) is 6.83. The molecule has 1 aliphatic carbocycles. The van der Waals surface area contributed by atoms with Gasteiger partial charge in [-0.15, -0.1) is 0 Å². The van der Waals surface area contributed by atoms with Gasteiger partial charge in [-0.3, -0.25) is 24.2 Å². The second-order valence-corrected chi connectivity index (χ2v) is 12.7. The molecule has 43 heavy (non-hydrogen) atoms. The average Bonchev–Trinajstić information content (AvgIpc) is 3.84. The summed E-state index contributed by atoms with van der Waals surface area (Å²) in [5, 5.41) is 7.22. The summed E-state index contributed by atoms with van der Waals surface area (Å²) in [6, 6.07) is 8.28. The van der Waals surface area contributed by atoms with Gasteiger partial charge < -0.3 is 21.3 Å². The zero-order valence-corrected chi connectivity index (χ0v) is 25.8. The first-order valence-corrected chi connectivity index (χ1v) is 15.8. The number of primary amides is 1. The van der Waals surface area contributed by atoms with E-state index in [4.69, 9.17) is 28.9 Å². The maximum atomic E-state index is 12.2. The third-order valence-corrected chi connectivity index (χ3v) is 9.50. The predicted octanol–water partition coefficient (Wildman–Crippen LogP) is 3.97. The number of halogens is 2. The van der Waals surface area contributed by atoms with E-state index in [1.165, 1.54) is 0 Å². The standard InChI is InChI=1S/C31H37Cl2N7O3/c1-2-22-17-39(31-25(33)14-21(15-35-31)37-27-26(28(41)29(27)42)36-20-5-6-20)11-12-40(22)23-7-9-38(10-8-23)16-18-3-4-19(32)13-24(18)30(34)43/h3-4,13-15,20,22-23,36-37H,2,5-12,16-17H2,1H3,(H2,34,43)/t22-/m0/s1. The number of hydrogen-bond acceptors (Lipinski definition) is 9. The van der Waals surface area contributed by atoms with Crippen molar-refractivity contribution in [2.75, 3.05) is 48.3 Å². The van der Waals surface area contributed by atoms with E-state index in [1.54, 1.807) is 18.3 Å². The molecule has 1 amide bonds. The lowest BCUT2D eigenvalue weighted by atomic mass is 9.97. The molecule has 3 heterocycles. The Labute approximate surface area is 260 Å². The van der Waals surface area contributed by atoms with Crippen molar-refractivity contribution >= 4 is 52.0 Å². The number of nitrogens with zero attached hydrogens (tertiary/aromatic N) is 4. The van der Waals surface area contributed by atoms with E-state index in [-0.39, 0.29) is 11.7 Å². The SMILES string of the molecule is CC[C@H]1CN(c2ncc(Nc3c(NC4CC4)c(=O)c3=O)cc2Cl)CCN1C1CCN(Cc2ccc(Cl)cc2C(N)=O)CC1. The number of carbonyl (C=O) groups is 1. The van der Waals surface area contributed by atoms with Crippen molar-refractivity contribution in [3.05, 3.63) is 72.1 Å². The summed E-state index contributed by atoms with van der Waals surface area (Å²) in [5.74, 6) is 0.281. The number of likely N-dealkylation sites (tertiary alicyclic amines) is 1. The third-order valence-electron chi connectivity index (χ3n) is 8.98. The quantitative estimate of drug-likeness (QED) is 0.287. The van der Waals surface area contributed by atoms with Crippen LogP contribution in [0.5, 0.6) is 0 Å². The minimum Gasteiger partial charge on any atom is -0.377 e. The second-order valence-electron chi connectivity index (χ2n) is 11.9. The highest BCUT2D eigenvalue weighted by molar-refractivity contribution is 6.33. The van der Waals surface area contributed by atoms with Gasteiger partial charge in [-0.25, -0.2) is 4.98 Å². The van der Waals surface area contributed by atoms with Crippen LogP contribution in [0.15, 0.2) is 40.1 Å². The summed E-state index contributed by atoms with van der Waals surface area (Å²) in [7, 11) is 0. The molecular weight excluding hydrogens is 589 g/mol. The number of nitrogens with two attached hydrogens (primary N) is 1. The van der Waals surface area contributed by atoms with Crippen molar-refractivity contribution in [2.45, 2.75) is 63.7 Å². The van der Waals surface area contributed by atoms with Crippen LogP contribution in [0.4, 0.5) is 22.9 Å². The normalized spacial score (nSPS) is 20.4. The van der Waals surface area contributed by atoms with E-state index < -0.39 is 16.8 Å². The minimum absolute atomic E-state index is 0.275. The number of rotatable bonds is 10. The zero-order chi connectivity index (χ0) is 30.2. The van der Waals surface area contributed by atoms with E-state index in [9.17, 15) is 14.4 Å². The minimum atomic E-state index is -0.517. The highest BCUT2D eigenvalue weighted by Gasteiger charge is 2.34. The van der Waals surface area contributed by atoms with Crippen LogP contribution in [-0.2, 0) is 6.54 Å². The Morgan fingerprint density at radius 2 is 1.77 bits per heavy atom. The monoisotopic (exact) mass is 625 g/mol. The Hall–Kier alpha value is -3.18. The van der Waals surface area contributed by atoms with Gasteiger partial charge in [0.05, 0.1) is 16.9 Å². The van der Waals surface area contributed by atoms with Gasteiger partial charge in [-0.1, -0.05) is 36.2 Å². The summed E-state index contributed by atoms with van der Waals surface area (Å²) in [5.41, 5.74) is 7.25. The van der Waals surface area contributed by atoms with Gasteiger partial charge in [0.25, 0.3) is 10.9 Å². The number of hydrogen-bond donors (Lipinski definition) is 3. The van der Waals surface area contributed by atoms with Gasteiger partial charge in [0.2, 0.25) is 5.91 Å². The topological polar surface area (TPSA) is 124 Å². The molecule has 228 valence electrons. The van der Waals surface area contributed by atoms with Crippen LogP contribution in [0.2, 0.25) is 10.0 Å². The molecule has 0 spiro atoms. The average molecular weight is 627 g/mol. The lowest BCUT2D eigenvalue weighted by Gasteiger charge is -2.47. The summed E-state index contributed by atoms with van der Waals surface area (Å²) >= 11 is 12.8. The maximum Gasteiger partial charge on any atom is 0.253 e. The molecule has 1 saturated carbocycles. The molecule has 3 aliphatic rings. The number of aromatic nitrogens is 1. The molecule has 4 N–H and O–H groups in total. The number of piperazine rings is 1. The van der Waals surface area contributed by atoms with Gasteiger partial charge in [0.15, 0.2) is 0 Å². The highest BCUT2D eigenvalue weighted by Crippen LogP contribution is 2.33. The summed E-state index contributed by atoms with van der Waals surface area (Å²) < 4.78 is 0. The van der Waals surface area contributed by atoms with E-state index >= 15 is 0 Å². The van der Waals surface area contributed by atoms with Crippen molar-refractivity contribution in [1.29, 1.82) is 0 Å². The van der Waals surface area contributed by atoms with Crippen LogP contribution in [0.1, 0.15) is 54.9 Å². The number of anilines is 4. The predicted molar refractivity (Wildman–Crippen MR) is 172 cm³/mol. The molecule has 10 nitrogen and oxygen atoms in total. The fourth-order valence-corrected chi connectivity index (χ4v) is 6.89. The fourth-order valence-electron chi connectivity index (χ4n) is 6.43. The number of piperidine rings is 1. The molecule has 6 rings (SSSR count). The Kier molecular flexibility index (Phi) is 8.64. The largest absolute Gasteiger partial charge is 0.377 e. The Balaban J connectivity index is 1.05. The van der Waals surface area contributed by atoms with Crippen molar-refractivity contribution in [3.63, 3.8) is 0 Å². The molecule has 1 aromatic heterocycles. The summed E-state index contributed by atoms with van der Waals surface area (Å²) in [4.78, 5) is 48.0. The molecule has 2 saturated heterocycles. The molecule has 3 aromatic rings. The lowest BCUT2D eigenvalue weighted by Crippen LogP contribution is -2.58. The first-order chi connectivity index (χ1) is 20.7. The molecular formula is C31H37Cl2N7O3.